The maximum absolute atomic E-state index is 13.2. The molecule has 0 unspecified atom stereocenters. The number of rotatable bonds is 5. The van der Waals surface area contributed by atoms with Gasteiger partial charge in [-0.3, -0.25) is 29.8 Å². The summed E-state index contributed by atoms with van der Waals surface area (Å²) >= 11 is 0. The number of carbonyl (C=O) groups is 3. The van der Waals surface area contributed by atoms with Gasteiger partial charge < -0.3 is 10.1 Å². The fourth-order valence-corrected chi connectivity index (χ4v) is 3.09. The Morgan fingerprint density at radius 3 is 2.77 bits per heavy atom. The third kappa shape index (κ3) is 4.29. The summed E-state index contributed by atoms with van der Waals surface area (Å²) in [6.45, 7) is 1.47. The second kappa shape index (κ2) is 8.72. The molecule has 1 aromatic carbocycles. The van der Waals surface area contributed by atoms with Crippen LogP contribution in [-0.2, 0) is 20.7 Å². The van der Waals surface area contributed by atoms with Crippen LogP contribution in [0.3, 0.4) is 0 Å². The lowest BCUT2D eigenvalue weighted by Gasteiger charge is -2.17. The molecule has 2 aromatic rings. The zero-order valence-corrected chi connectivity index (χ0v) is 16.3. The van der Waals surface area contributed by atoms with E-state index in [1.54, 1.807) is 0 Å². The molecule has 0 spiro atoms. The molecule has 2 amide bonds. The number of hydrogen-bond acceptors (Lipinski definition) is 7. The molecule has 3 rings (SSSR count). The maximum Gasteiger partial charge on any atom is 0.329 e. The molecule has 1 aliphatic heterocycles. The van der Waals surface area contributed by atoms with Gasteiger partial charge in [-0.1, -0.05) is 6.07 Å². The number of ether oxygens (including phenoxy) is 1. The number of hydrogen-bond donors (Lipinski definition) is 3. The van der Waals surface area contributed by atoms with Gasteiger partial charge in [-0.2, -0.15) is 0 Å². The summed E-state index contributed by atoms with van der Waals surface area (Å²) in [6, 6.07) is 3.28. The Bertz CT molecular complexity index is 1050. The standard InChI is InChI=1S/C19H20FN5O5/c1-10(16(26)23-24-17(27)11-4-3-5-12(20)8-11)22-13-9-21-15-7-6-14(19(29)30-2)25(15)18(13)28/h3-5,8-10,14,22H,6-7H2,1-2H3,(H,23,26)(H,24,27)/t10-,14+/m1/s1. The number of fused-ring (bicyclic) bond motifs is 1. The number of nitrogens with one attached hydrogen (secondary N) is 3. The molecule has 0 saturated carbocycles. The van der Waals surface area contributed by atoms with Crippen LogP contribution in [0.4, 0.5) is 10.1 Å². The number of carbonyl (C=O) groups excluding carboxylic acids is 3. The van der Waals surface area contributed by atoms with Gasteiger partial charge in [0.2, 0.25) is 0 Å². The van der Waals surface area contributed by atoms with Gasteiger partial charge in [-0.25, -0.2) is 14.2 Å². The van der Waals surface area contributed by atoms with Gasteiger partial charge in [-0.15, -0.1) is 0 Å². The maximum atomic E-state index is 13.2. The molecule has 158 valence electrons. The number of halogens is 1. The first-order chi connectivity index (χ1) is 14.3. The fraction of sp³-hybridized carbons (Fsp3) is 0.316. The highest BCUT2D eigenvalue weighted by atomic mass is 19.1. The summed E-state index contributed by atoms with van der Waals surface area (Å²) in [5, 5.41) is 2.72. The Balaban J connectivity index is 1.65. The highest BCUT2D eigenvalue weighted by Gasteiger charge is 2.32. The molecule has 10 nitrogen and oxygen atoms in total. The van der Waals surface area contributed by atoms with Gasteiger partial charge in [0.25, 0.3) is 17.4 Å². The molecule has 0 aliphatic carbocycles. The number of hydrazine groups is 1. The fourth-order valence-electron chi connectivity index (χ4n) is 3.09. The lowest BCUT2D eigenvalue weighted by atomic mass is 10.2. The van der Waals surface area contributed by atoms with Crippen LogP contribution in [0, 0.1) is 5.82 Å². The Labute approximate surface area is 170 Å². The quantitative estimate of drug-likeness (QED) is 0.471. The first-order valence-corrected chi connectivity index (χ1v) is 9.12. The molecule has 11 heteroatoms. The van der Waals surface area contributed by atoms with Crippen molar-refractivity contribution in [2.45, 2.75) is 31.8 Å². The van der Waals surface area contributed by atoms with E-state index in [0.717, 1.165) is 6.07 Å². The van der Waals surface area contributed by atoms with Crippen LogP contribution in [0.15, 0.2) is 35.3 Å². The topological polar surface area (TPSA) is 131 Å². The zero-order valence-electron chi connectivity index (χ0n) is 16.3. The van der Waals surface area contributed by atoms with Crippen LogP contribution < -0.4 is 21.7 Å². The number of methoxy groups -OCH3 is 1. The summed E-state index contributed by atoms with van der Waals surface area (Å²) in [6.07, 6.45) is 2.15. The van der Waals surface area contributed by atoms with Crippen LogP contribution >= 0.6 is 0 Å². The van der Waals surface area contributed by atoms with E-state index in [1.807, 2.05) is 0 Å². The van der Waals surface area contributed by atoms with Crippen molar-refractivity contribution >= 4 is 23.5 Å². The van der Waals surface area contributed by atoms with Gasteiger partial charge in [0, 0.05) is 12.0 Å². The molecule has 30 heavy (non-hydrogen) atoms. The zero-order chi connectivity index (χ0) is 21.8. The van der Waals surface area contributed by atoms with Crippen LogP contribution in [0.2, 0.25) is 0 Å². The van der Waals surface area contributed by atoms with E-state index in [4.69, 9.17) is 4.74 Å². The minimum absolute atomic E-state index is 0.0219. The van der Waals surface area contributed by atoms with Gasteiger partial charge in [-0.05, 0) is 31.5 Å². The monoisotopic (exact) mass is 417 g/mol. The van der Waals surface area contributed by atoms with E-state index in [2.05, 4.69) is 21.2 Å². The van der Waals surface area contributed by atoms with Gasteiger partial charge in [0.05, 0.1) is 13.3 Å². The van der Waals surface area contributed by atoms with Gasteiger partial charge in [0.15, 0.2) is 0 Å². The molecular formula is C19H20FN5O5. The second-order valence-corrected chi connectivity index (χ2v) is 6.66. The van der Waals surface area contributed by atoms with Crippen molar-refractivity contribution in [2.24, 2.45) is 0 Å². The Kier molecular flexibility index (Phi) is 6.09. The number of benzene rings is 1. The molecule has 2 heterocycles. The van der Waals surface area contributed by atoms with Crippen LogP contribution in [0.5, 0.6) is 0 Å². The van der Waals surface area contributed by atoms with E-state index < -0.39 is 41.2 Å². The Morgan fingerprint density at radius 2 is 2.07 bits per heavy atom. The number of aryl methyl sites for hydroxylation is 1. The summed E-state index contributed by atoms with van der Waals surface area (Å²) < 4.78 is 19.2. The number of anilines is 1. The van der Waals surface area contributed by atoms with E-state index in [0.29, 0.717) is 18.7 Å². The van der Waals surface area contributed by atoms with E-state index >= 15 is 0 Å². The molecule has 2 atom stereocenters. The van der Waals surface area contributed by atoms with Crippen molar-refractivity contribution in [3.05, 3.63) is 58.0 Å². The van der Waals surface area contributed by atoms with Crippen molar-refractivity contribution < 1.29 is 23.5 Å². The Morgan fingerprint density at radius 1 is 1.30 bits per heavy atom. The number of aromatic nitrogens is 2. The lowest BCUT2D eigenvalue weighted by molar-refractivity contribution is -0.144. The average Bonchev–Trinajstić information content (AvgIpc) is 3.18. The smallest absolute Gasteiger partial charge is 0.329 e. The average molecular weight is 417 g/mol. The number of esters is 1. The summed E-state index contributed by atoms with van der Waals surface area (Å²) in [4.78, 5) is 53.0. The van der Waals surface area contributed by atoms with E-state index in [9.17, 15) is 23.6 Å². The molecule has 0 radical (unpaired) electrons. The predicted molar refractivity (Wildman–Crippen MR) is 103 cm³/mol. The normalized spacial score (nSPS) is 15.6. The lowest BCUT2D eigenvalue weighted by Crippen LogP contribution is -2.48. The van der Waals surface area contributed by atoms with Crippen LogP contribution in [0.1, 0.15) is 35.6 Å². The summed E-state index contributed by atoms with van der Waals surface area (Å²) in [5.41, 5.74) is 3.93. The Hall–Kier alpha value is -3.76. The second-order valence-electron chi connectivity index (χ2n) is 6.66. The van der Waals surface area contributed by atoms with E-state index in [1.165, 1.54) is 43.0 Å². The predicted octanol–water partition coefficient (Wildman–Crippen LogP) is 0.304. The number of amides is 2. The minimum Gasteiger partial charge on any atom is -0.467 e. The minimum atomic E-state index is -0.927. The van der Waals surface area contributed by atoms with Crippen LogP contribution in [-0.4, -0.2) is 40.5 Å². The van der Waals surface area contributed by atoms with Crippen molar-refractivity contribution in [3.63, 3.8) is 0 Å². The highest BCUT2D eigenvalue weighted by Crippen LogP contribution is 2.24. The van der Waals surface area contributed by atoms with Crippen LogP contribution in [0.25, 0.3) is 0 Å². The molecule has 0 fully saturated rings. The molecular weight excluding hydrogens is 397 g/mol. The molecule has 3 N–H and O–H groups in total. The molecule has 0 bridgehead atoms. The highest BCUT2D eigenvalue weighted by molar-refractivity contribution is 5.96. The molecule has 0 saturated heterocycles. The van der Waals surface area contributed by atoms with Crippen molar-refractivity contribution in [3.8, 4) is 0 Å². The van der Waals surface area contributed by atoms with E-state index in [-0.39, 0.29) is 11.3 Å². The van der Waals surface area contributed by atoms with Gasteiger partial charge in [0.1, 0.15) is 29.4 Å². The molecule has 1 aliphatic rings. The summed E-state index contributed by atoms with van der Waals surface area (Å²) in [7, 11) is 1.24. The van der Waals surface area contributed by atoms with Crippen molar-refractivity contribution in [1.29, 1.82) is 0 Å². The van der Waals surface area contributed by atoms with Gasteiger partial charge >= 0.3 is 5.97 Å². The third-order valence-electron chi connectivity index (χ3n) is 4.65. The van der Waals surface area contributed by atoms with Crippen molar-refractivity contribution in [1.82, 2.24) is 20.4 Å². The SMILES string of the molecule is COC(=O)[C@@H]1CCc2ncc(N[C@H](C)C(=O)NNC(=O)c3cccc(F)c3)c(=O)n21. The molecule has 1 aromatic heterocycles. The largest absolute Gasteiger partial charge is 0.467 e. The van der Waals surface area contributed by atoms with Crippen molar-refractivity contribution in [2.75, 3.05) is 12.4 Å². The number of nitrogens with zero attached hydrogens (tertiary/aromatic N) is 2. The first-order valence-electron chi connectivity index (χ1n) is 9.12. The first kappa shape index (κ1) is 21.0. The third-order valence-corrected chi connectivity index (χ3v) is 4.65. The summed E-state index contributed by atoms with van der Waals surface area (Å²) in [5.74, 6) is -2.01.